The summed E-state index contributed by atoms with van der Waals surface area (Å²) >= 11 is 0. The predicted molar refractivity (Wildman–Crippen MR) is 232 cm³/mol. The average Bonchev–Trinajstić information content (AvgIpc) is 3.93. The Labute approximate surface area is 362 Å². The molecular formula is C48H62N6O8. The molecule has 6 heterocycles. The minimum Gasteiger partial charge on any atom is -0.396 e. The van der Waals surface area contributed by atoms with Gasteiger partial charge in [0.1, 0.15) is 12.1 Å². The van der Waals surface area contributed by atoms with Crippen LogP contribution >= 0.6 is 0 Å². The van der Waals surface area contributed by atoms with Gasteiger partial charge < -0.3 is 39.8 Å². The van der Waals surface area contributed by atoms with Crippen molar-refractivity contribution in [2.24, 2.45) is 35.5 Å². The first kappa shape index (κ1) is 42.5. The number of carbonyl (C=O) groups is 4. The zero-order valence-electron chi connectivity index (χ0n) is 36.0. The Balaban J connectivity index is 0.000000158. The molecule has 10 rings (SSSR count). The van der Waals surface area contributed by atoms with Crippen molar-refractivity contribution in [2.45, 2.75) is 140 Å². The molecule has 4 saturated carbocycles. The summed E-state index contributed by atoms with van der Waals surface area (Å²) in [6.07, 6.45) is 19.0. The maximum Gasteiger partial charge on any atom is 0.258 e. The van der Waals surface area contributed by atoms with Gasteiger partial charge in [0.05, 0.1) is 12.1 Å². The van der Waals surface area contributed by atoms with Crippen molar-refractivity contribution in [3.63, 3.8) is 0 Å². The van der Waals surface area contributed by atoms with Crippen molar-refractivity contribution in [3.05, 3.63) is 79.6 Å². The fraction of sp³-hybridized carbons (Fsp3) is 0.625. The summed E-state index contributed by atoms with van der Waals surface area (Å²) in [5.74, 6) is -1.40. The van der Waals surface area contributed by atoms with Crippen molar-refractivity contribution in [1.29, 1.82) is 0 Å². The molecule has 6 fully saturated rings. The lowest BCUT2D eigenvalue weighted by Crippen LogP contribution is -2.52. The minimum absolute atomic E-state index is 0.00375. The number of allylic oxidation sites excluding steroid dienone is 2. The summed E-state index contributed by atoms with van der Waals surface area (Å²) in [4.78, 5) is 83.1. The zero-order valence-corrected chi connectivity index (χ0v) is 36.0. The van der Waals surface area contributed by atoms with Crippen LogP contribution in [0.25, 0.3) is 12.2 Å². The van der Waals surface area contributed by atoms with Gasteiger partial charge in [-0.3, -0.25) is 28.8 Å². The second-order valence-electron chi connectivity index (χ2n) is 19.1. The average molecular weight is 851 g/mol. The zero-order chi connectivity index (χ0) is 43.4. The van der Waals surface area contributed by atoms with E-state index in [0.29, 0.717) is 24.2 Å². The number of aliphatic hydroxyl groups is 2. The molecule has 14 heteroatoms. The van der Waals surface area contributed by atoms with Gasteiger partial charge in [-0.2, -0.15) is 0 Å². The van der Waals surface area contributed by atoms with Crippen molar-refractivity contribution in [2.75, 3.05) is 13.2 Å². The highest BCUT2D eigenvalue weighted by Crippen LogP contribution is 2.53. The van der Waals surface area contributed by atoms with Crippen molar-refractivity contribution >= 4 is 35.8 Å². The Bertz CT molecular complexity index is 2100. The number of nitrogens with zero attached hydrogens (tertiary/aromatic N) is 4. The third kappa shape index (κ3) is 7.48. The van der Waals surface area contributed by atoms with E-state index in [1.54, 1.807) is 43.2 Å². The van der Waals surface area contributed by atoms with Gasteiger partial charge in [-0.1, -0.05) is 50.0 Å². The summed E-state index contributed by atoms with van der Waals surface area (Å²) in [5, 5.41) is 27.0. The SMILES string of the molecule is C/C=C/c1ccc2n(c1=O)C[C@@H]1[C@@H](CO)[C@H](C(=O)NC3CCCC3)N(C(=O)C3CC3)[C@H]21.C/C=C\c1ccc2n(c1=O)C[C@@H]1[C@@H](CO)[C@H](C(=O)NC3CCCC3)N(C(=O)C3CC3)[C@H]21. The quantitative estimate of drug-likeness (QED) is 0.279. The Morgan fingerprint density at radius 2 is 0.968 bits per heavy atom. The van der Waals surface area contributed by atoms with Crippen LogP contribution in [-0.4, -0.2) is 90.2 Å². The van der Waals surface area contributed by atoms with Gasteiger partial charge >= 0.3 is 0 Å². The Hall–Kier alpha value is -4.82. The van der Waals surface area contributed by atoms with Crippen LogP contribution in [-0.2, 0) is 32.3 Å². The highest BCUT2D eigenvalue weighted by Gasteiger charge is 2.60. The maximum absolute atomic E-state index is 13.4. The van der Waals surface area contributed by atoms with E-state index in [1.165, 1.54) is 0 Å². The number of hydrogen-bond donors (Lipinski definition) is 4. The molecule has 0 spiro atoms. The predicted octanol–water partition coefficient (Wildman–Crippen LogP) is 3.68. The number of nitrogens with one attached hydrogen (secondary N) is 2. The Kier molecular flexibility index (Phi) is 11.9. The molecule has 4 aliphatic carbocycles. The molecule has 2 saturated heterocycles. The normalized spacial score (nSPS) is 30.1. The third-order valence-electron chi connectivity index (χ3n) is 15.2. The molecule has 332 valence electrons. The van der Waals surface area contributed by atoms with E-state index in [4.69, 9.17) is 0 Å². The molecular weight excluding hydrogens is 789 g/mol. The van der Waals surface area contributed by atoms with Crippen LogP contribution in [0.3, 0.4) is 0 Å². The van der Waals surface area contributed by atoms with Crippen LogP contribution in [0.1, 0.15) is 125 Å². The highest BCUT2D eigenvalue weighted by atomic mass is 16.3. The van der Waals surface area contributed by atoms with Gasteiger partial charge in [0.25, 0.3) is 11.1 Å². The van der Waals surface area contributed by atoms with E-state index >= 15 is 0 Å². The molecule has 0 unspecified atom stereocenters. The van der Waals surface area contributed by atoms with Gasteiger partial charge in [-0.05, 0) is 89.5 Å². The van der Waals surface area contributed by atoms with Gasteiger partial charge in [0.2, 0.25) is 23.6 Å². The molecule has 8 atom stereocenters. The maximum atomic E-state index is 13.4. The van der Waals surface area contributed by atoms with Crippen molar-refractivity contribution in [1.82, 2.24) is 29.6 Å². The largest absolute Gasteiger partial charge is 0.396 e. The summed E-state index contributed by atoms with van der Waals surface area (Å²) in [5.41, 5.74) is 2.64. The lowest BCUT2D eigenvalue weighted by molar-refractivity contribution is -0.143. The van der Waals surface area contributed by atoms with Crippen LogP contribution in [0.2, 0.25) is 0 Å². The number of aromatic nitrogens is 2. The second kappa shape index (κ2) is 17.4. The molecule has 0 aromatic carbocycles. The first-order chi connectivity index (χ1) is 30.1. The van der Waals surface area contributed by atoms with E-state index in [-0.39, 0.29) is 108 Å². The number of carbonyl (C=O) groups excluding carboxylic acids is 4. The van der Waals surface area contributed by atoms with Crippen LogP contribution in [0, 0.1) is 35.5 Å². The first-order valence-corrected chi connectivity index (χ1v) is 23.3. The molecule has 0 bridgehead atoms. The van der Waals surface area contributed by atoms with Gasteiger partial charge in [0, 0.05) is 96.4 Å². The molecule has 4 amide bonds. The van der Waals surface area contributed by atoms with E-state index in [0.717, 1.165) is 88.4 Å². The summed E-state index contributed by atoms with van der Waals surface area (Å²) < 4.78 is 3.48. The molecule has 0 radical (unpaired) electrons. The standard InChI is InChI=1S/2C24H31N3O4/c2*1-2-5-14-10-11-19-20-17(12-26(19)23(14)30)18(13-28)21(27(20)24(31)15-8-9-15)22(29)25-16-6-3-4-7-16/h2*2,5,10-11,15-18,20-21,28H,3-4,6-9,12-13H2,1H3,(H,25,29)/b5-2+;5-2-/t2*17-,18-,20+,21-/m11/s1. The molecule has 4 aliphatic heterocycles. The fourth-order valence-corrected chi connectivity index (χ4v) is 11.9. The van der Waals surface area contributed by atoms with E-state index in [9.17, 15) is 39.0 Å². The number of pyridine rings is 2. The van der Waals surface area contributed by atoms with Crippen LogP contribution in [0.15, 0.2) is 46.0 Å². The van der Waals surface area contributed by atoms with Crippen LogP contribution in [0.5, 0.6) is 0 Å². The third-order valence-corrected chi connectivity index (χ3v) is 15.2. The smallest absolute Gasteiger partial charge is 0.258 e. The summed E-state index contributed by atoms with van der Waals surface area (Å²) in [6, 6.07) is 5.73. The number of aliphatic hydroxyl groups excluding tert-OH is 2. The van der Waals surface area contributed by atoms with Crippen LogP contribution < -0.4 is 21.8 Å². The molecule has 14 nitrogen and oxygen atoms in total. The second-order valence-corrected chi connectivity index (χ2v) is 19.1. The van der Waals surface area contributed by atoms with Crippen LogP contribution in [0.4, 0.5) is 0 Å². The van der Waals surface area contributed by atoms with Crippen molar-refractivity contribution in [3.8, 4) is 0 Å². The van der Waals surface area contributed by atoms with E-state index < -0.39 is 12.1 Å². The number of likely N-dealkylation sites (tertiary alicyclic amines) is 2. The fourth-order valence-electron chi connectivity index (χ4n) is 11.9. The minimum atomic E-state index is -0.673. The number of amides is 4. The topological polar surface area (TPSA) is 183 Å². The van der Waals surface area contributed by atoms with E-state index in [1.807, 2.05) is 38.1 Å². The van der Waals surface area contributed by atoms with Gasteiger partial charge in [0.15, 0.2) is 0 Å². The monoisotopic (exact) mass is 850 g/mol. The molecule has 8 aliphatic rings. The molecule has 4 N–H and O–H groups in total. The van der Waals surface area contributed by atoms with Gasteiger partial charge in [-0.25, -0.2) is 0 Å². The summed E-state index contributed by atoms with van der Waals surface area (Å²) in [7, 11) is 0. The first-order valence-electron chi connectivity index (χ1n) is 23.3. The number of fused-ring (bicyclic) bond motifs is 6. The molecule has 2 aromatic rings. The Morgan fingerprint density at radius 3 is 1.29 bits per heavy atom. The molecule has 62 heavy (non-hydrogen) atoms. The molecule has 2 aromatic heterocycles. The Morgan fingerprint density at radius 1 is 0.597 bits per heavy atom. The highest BCUT2D eigenvalue weighted by molar-refractivity contribution is 5.92. The lowest BCUT2D eigenvalue weighted by Gasteiger charge is -2.32. The number of hydrogen-bond acceptors (Lipinski definition) is 8. The summed E-state index contributed by atoms with van der Waals surface area (Å²) in [6.45, 7) is 4.24. The van der Waals surface area contributed by atoms with E-state index in [2.05, 4.69) is 10.6 Å². The lowest BCUT2D eigenvalue weighted by atomic mass is 9.88. The van der Waals surface area contributed by atoms with Gasteiger partial charge in [-0.15, -0.1) is 0 Å². The van der Waals surface area contributed by atoms with Crippen molar-refractivity contribution < 1.29 is 29.4 Å². The number of rotatable bonds is 10.